The van der Waals surface area contributed by atoms with E-state index in [0.29, 0.717) is 18.2 Å². The Labute approximate surface area is 129 Å². The van der Waals surface area contributed by atoms with Crippen molar-refractivity contribution in [3.8, 4) is 0 Å². The summed E-state index contributed by atoms with van der Waals surface area (Å²) in [5, 5.41) is 8.90. The molecule has 114 valence electrons. The van der Waals surface area contributed by atoms with E-state index in [1.807, 2.05) is 25.1 Å². The van der Waals surface area contributed by atoms with Crippen LogP contribution in [0.3, 0.4) is 0 Å². The maximum atomic E-state index is 12.1. The molecule has 1 N–H and O–H groups in total. The van der Waals surface area contributed by atoms with Crippen LogP contribution in [0.2, 0.25) is 0 Å². The minimum absolute atomic E-state index is 0.0676. The number of carbonyl (C=O) groups is 2. The lowest BCUT2D eigenvalue weighted by Gasteiger charge is -2.20. The average molecular weight is 307 g/mol. The summed E-state index contributed by atoms with van der Waals surface area (Å²) in [6.07, 6.45) is 2.22. The molecule has 2 rings (SSSR count). The highest BCUT2D eigenvalue weighted by molar-refractivity contribution is 7.99. The predicted molar refractivity (Wildman–Crippen MR) is 84.3 cm³/mol. The molecule has 21 heavy (non-hydrogen) atoms. The van der Waals surface area contributed by atoms with Gasteiger partial charge in [0.15, 0.2) is 0 Å². The summed E-state index contributed by atoms with van der Waals surface area (Å²) >= 11 is 1.54. The van der Waals surface area contributed by atoms with Crippen LogP contribution in [0.15, 0.2) is 24.3 Å². The summed E-state index contributed by atoms with van der Waals surface area (Å²) in [7, 11) is 0. The smallest absolute Gasteiger partial charge is 0.323 e. The van der Waals surface area contributed by atoms with Crippen LogP contribution in [-0.2, 0) is 15.3 Å². The molecule has 0 spiro atoms. The van der Waals surface area contributed by atoms with Crippen molar-refractivity contribution in [2.45, 2.75) is 25.5 Å². The fourth-order valence-corrected chi connectivity index (χ4v) is 3.05. The minimum Gasteiger partial charge on any atom is -0.480 e. The molecule has 1 amide bonds. The molecule has 1 aliphatic carbocycles. The molecular weight excluding hydrogens is 286 g/mol. The van der Waals surface area contributed by atoms with Crippen LogP contribution in [0, 0.1) is 12.8 Å². The number of aryl methyl sites for hydroxylation is 1. The topological polar surface area (TPSA) is 57.6 Å². The third-order valence-electron chi connectivity index (χ3n) is 3.43. The lowest BCUT2D eigenvalue weighted by Crippen LogP contribution is -2.38. The molecule has 0 heterocycles. The number of thioether (sulfide) groups is 1. The number of carboxylic acids is 1. The first-order chi connectivity index (χ1) is 10.0. The number of amides is 1. The van der Waals surface area contributed by atoms with Gasteiger partial charge in [-0.2, -0.15) is 0 Å². The predicted octanol–water partition coefficient (Wildman–Crippen LogP) is 2.55. The van der Waals surface area contributed by atoms with Crippen LogP contribution in [0.25, 0.3) is 0 Å². The molecule has 1 aromatic carbocycles. The lowest BCUT2D eigenvalue weighted by atomic mass is 10.2. The second-order valence-electron chi connectivity index (χ2n) is 5.59. The van der Waals surface area contributed by atoms with E-state index in [2.05, 4.69) is 6.07 Å². The van der Waals surface area contributed by atoms with Crippen molar-refractivity contribution >= 4 is 23.6 Å². The Morgan fingerprint density at radius 3 is 2.76 bits per heavy atom. The molecule has 0 bridgehead atoms. The Hall–Kier alpha value is -1.49. The molecule has 1 aliphatic rings. The van der Waals surface area contributed by atoms with Gasteiger partial charge in [0.2, 0.25) is 5.91 Å². The van der Waals surface area contributed by atoms with E-state index in [1.54, 1.807) is 11.8 Å². The zero-order chi connectivity index (χ0) is 15.2. The average Bonchev–Trinajstić information content (AvgIpc) is 3.21. The lowest BCUT2D eigenvalue weighted by molar-refractivity contribution is -0.143. The Morgan fingerprint density at radius 1 is 1.38 bits per heavy atom. The number of benzene rings is 1. The monoisotopic (exact) mass is 307 g/mol. The van der Waals surface area contributed by atoms with Gasteiger partial charge in [-0.25, -0.2) is 0 Å². The molecule has 1 fully saturated rings. The number of rotatable bonds is 8. The fraction of sp³-hybridized carbons (Fsp3) is 0.500. The third-order valence-corrected chi connectivity index (χ3v) is 4.42. The van der Waals surface area contributed by atoms with Crippen LogP contribution in [0.4, 0.5) is 0 Å². The van der Waals surface area contributed by atoms with Gasteiger partial charge in [-0.1, -0.05) is 29.8 Å². The molecule has 0 saturated heterocycles. The van der Waals surface area contributed by atoms with Crippen LogP contribution in [0.5, 0.6) is 0 Å². The quantitative estimate of drug-likeness (QED) is 0.802. The molecule has 1 aromatic rings. The van der Waals surface area contributed by atoms with Gasteiger partial charge in [0.05, 0.1) is 5.75 Å². The Morgan fingerprint density at radius 2 is 2.14 bits per heavy atom. The molecular formula is C16H21NO3S. The Kier molecular flexibility index (Phi) is 5.67. The van der Waals surface area contributed by atoms with E-state index in [-0.39, 0.29) is 12.5 Å². The van der Waals surface area contributed by atoms with Crippen LogP contribution in [-0.4, -0.2) is 40.7 Å². The van der Waals surface area contributed by atoms with Gasteiger partial charge in [0.1, 0.15) is 6.54 Å². The molecule has 0 aromatic heterocycles. The maximum Gasteiger partial charge on any atom is 0.323 e. The first-order valence-corrected chi connectivity index (χ1v) is 8.33. The van der Waals surface area contributed by atoms with Crippen molar-refractivity contribution in [2.75, 3.05) is 18.8 Å². The summed E-state index contributed by atoms with van der Waals surface area (Å²) in [5.41, 5.74) is 2.40. The van der Waals surface area contributed by atoms with Crippen molar-refractivity contribution in [3.63, 3.8) is 0 Å². The van der Waals surface area contributed by atoms with E-state index in [0.717, 1.165) is 18.6 Å². The zero-order valence-corrected chi connectivity index (χ0v) is 13.1. The molecule has 0 atom stereocenters. The second-order valence-corrected chi connectivity index (χ2v) is 6.58. The molecule has 5 heteroatoms. The molecule has 0 aliphatic heterocycles. The normalized spacial score (nSPS) is 14.0. The summed E-state index contributed by atoms with van der Waals surface area (Å²) < 4.78 is 0. The first-order valence-electron chi connectivity index (χ1n) is 7.17. The standard InChI is InChI=1S/C16H21NO3S/c1-12-3-2-4-14(7-12)10-21-11-15(18)17(9-16(19)20)8-13-5-6-13/h2-4,7,13H,5-6,8-11H2,1H3,(H,19,20). The van der Waals surface area contributed by atoms with Gasteiger partial charge in [0.25, 0.3) is 0 Å². The second kappa shape index (κ2) is 7.50. The Bertz CT molecular complexity index is 514. The van der Waals surface area contributed by atoms with Crippen LogP contribution >= 0.6 is 11.8 Å². The molecule has 0 unspecified atom stereocenters. The molecule has 1 saturated carbocycles. The highest BCUT2D eigenvalue weighted by atomic mass is 32.2. The van der Waals surface area contributed by atoms with Crippen LogP contribution in [0.1, 0.15) is 24.0 Å². The number of nitrogens with zero attached hydrogens (tertiary/aromatic N) is 1. The SMILES string of the molecule is Cc1cccc(CSCC(=O)N(CC(=O)O)CC2CC2)c1. The van der Waals surface area contributed by atoms with E-state index in [4.69, 9.17) is 5.11 Å². The van der Waals surface area contributed by atoms with Gasteiger partial charge in [-0.15, -0.1) is 11.8 Å². The number of hydrogen-bond donors (Lipinski definition) is 1. The number of hydrogen-bond acceptors (Lipinski definition) is 3. The maximum absolute atomic E-state index is 12.1. The van der Waals surface area contributed by atoms with Crippen molar-refractivity contribution in [3.05, 3.63) is 35.4 Å². The summed E-state index contributed by atoms with van der Waals surface area (Å²) in [4.78, 5) is 24.5. The largest absolute Gasteiger partial charge is 0.480 e. The van der Waals surface area contributed by atoms with Crippen LogP contribution < -0.4 is 0 Å². The molecule has 4 nitrogen and oxygen atoms in total. The fourth-order valence-electron chi connectivity index (χ4n) is 2.18. The zero-order valence-electron chi connectivity index (χ0n) is 12.2. The van der Waals surface area contributed by atoms with Crippen molar-refractivity contribution < 1.29 is 14.7 Å². The van der Waals surface area contributed by atoms with E-state index in [1.165, 1.54) is 16.0 Å². The Balaban J connectivity index is 1.79. The summed E-state index contributed by atoms with van der Waals surface area (Å²) in [6.45, 7) is 2.46. The van der Waals surface area contributed by atoms with E-state index < -0.39 is 5.97 Å². The van der Waals surface area contributed by atoms with Crippen molar-refractivity contribution in [1.29, 1.82) is 0 Å². The first kappa shape index (κ1) is 15.9. The third kappa shape index (κ3) is 5.79. The van der Waals surface area contributed by atoms with Crippen molar-refractivity contribution in [2.24, 2.45) is 5.92 Å². The summed E-state index contributed by atoms with van der Waals surface area (Å²) in [5.74, 6) is 0.621. The number of aliphatic carboxylic acids is 1. The van der Waals surface area contributed by atoms with Gasteiger partial charge in [0, 0.05) is 12.3 Å². The van der Waals surface area contributed by atoms with E-state index in [9.17, 15) is 9.59 Å². The van der Waals surface area contributed by atoms with Crippen molar-refractivity contribution in [1.82, 2.24) is 4.90 Å². The van der Waals surface area contributed by atoms with Gasteiger partial charge < -0.3 is 10.0 Å². The highest BCUT2D eigenvalue weighted by Crippen LogP contribution is 2.29. The number of carboxylic acid groups (broad SMARTS) is 1. The molecule has 0 radical (unpaired) electrons. The van der Waals surface area contributed by atoms with Gasteiger partial charge >= 0.3 is 5.97 Å². The number of carbonyl (C=O) groups excluding carboxylic acids is 1. The van der Waals surface area contributed by atoms with Gasteiger partial charge in [-0.3, -0.25) is 9.59 Å². The highest BCUT2D eigenvalue weighted by Gasteiger charge is 2.27. The van der Waals surface area contributed by atoms with E-state index >= 15 is 0 Å². The van der Waals surface area contributed by atoms with Gasteiger partial charge in [-0.05, 0) is 31.2 Å². The minimum atomic E-state index is -0.937. The summed E-state index contributed by atoms with van der Waals surface area (Å²) in [6, 6.07) is 8.21.